The largest absolute Gasteiger partial charge is 0.451 e. The van der Waals surface area contributed by atoms with E-state index in [4.69, 9.17) is 4.74 Å². The van der Waals surface area contributed by atoms with Gasteiger partial charge < -0.3 is 9.64 Å². The first-order chi connectivity index (χ1) is 6.65. The van der Waals surface area contributed by atoms with Gasteiger partial charge in [0.2, 0.25) is 0 Å². The van der Waals surface area contributed by atoms with Gasteiger partial charge in [-0.25, -0.2) is 4.79 Å². The second kappa shape index (κ2) is 3.53. The Kier molecular flexibility index (Phi) is 2.51. The molecule has 0 spiro atoms. The van der Waals surface area contributed by atoms with Crippen LogP contribution in [-0.2, 0) is 14.3 Å². The zero-order valence-electron chi connectivity index (χ0n) is 7.90. The minimum atomic E-state index is -0.613. The van der Waals surface area contributed by atoms with E-state index in [0.29, 0.717) is 0 Å². The number of ether oxygens (including phenoxy) is 1. The smallest absolute Gasteiger partial charge is 0.329 e. The molecule has 5 heteroatoms. The van der Waals surface area contributed by atoms with Crippen LogP contribution in [0.25, 0.3) is 0 Å². The molecule has 2 aliphatic heterocycles. The van der Waals surface area contributed by atoms with E-state index >= 15 is 0 Å². The van der Waals surface area contributed by atoms with Gasteiger partial charge in [-0.05, 0) is 19.8 Å². The van der Waals surface area contributed by atoms with Gasteiger partial charge >= 0.3 is 5.97 Å². The van der Waals surface area contributed by atoms with Crippen LogP contribution < -0.4 is 0 Å². The standard InChI is InChI=1S/C9H12BrNO3/c1-5-8(12)11-6(4-10)2-3-7(11)9(13)14-5/h5-7H,2-4H2,1H3. The van der Waals surface area contributed by atoms with Gasteiger partial charge in [-0.15, -0.1) is 0 Å². The van der Waals surface area contributed by atoms with Crippen LogP contribution in [0.2, 0.25) is 0 Å². The maximum Gasteiger partial charge on any atom is 0.329 e. The molecule has 0 aromatic heterocycles. The van der Waals surface area contributed by atoms with E-state index in [0.717, 1.165) is 18.2 Å². The molecule has 0 bridgehead atoms. The fraction of sp³-hybridized carbons (Fsp3) is 0.778. The van der Waals surface area contributed by atoms with Gasteiger partial charge in [0.05, 0.1) is 0 Å². The fourth-order valence-electron chi connectivity index (χ4n) is 2.11. The SMILES string of the molecule is CC1OC(=O)C2CCC(CBr)N2C1=O. The van der Waals surface area contributed by atoms with Crippen molar-refractivity contribution in [3.63, 3.8) is 0 Å². The van der Waals surface area contributed by atoms with Crippen molar-refractivity contribution in [2.75, 3.05) is 5.33 Å². The number of hydrogen-bond acceptors (Lipinski definition) is 3. The number of fused-ring (bicyclic) bond motifs is 1. The third-order valence-corrected chi connectivity index (χ3v) is 3.60. The molecule has 2 saturated heterocycles. The number of alkyl halides is 1. The van der Waals surface area contributed by atoms with E-state index in [1.165, 1.54) is 0 Å². The molecule has 0 radical (unpaired) electrons. The zero-order valence-corrected chi connectivity index (χ0v) is 9.49. The third-order valence-electron chi connectivity index (χ3n) is 2.85. The van der Waals surface area contributed by atoms with E-state index in [-0.39, 0.29) is 24.0 Å². The lowest BCUT2D eigenvalue weighted by atomic mass is 10.2. The molecule has 3 atom stereocenters. The van der Waals surface area contributed by atoms with E-state index in [1.807, 2.05) is 0 Å². The Balaban J connectivity index is 2.24. The molecule has 0 saturated carbocycles. The highest BCUT2D eigenvalue weighted by atomic mass is 79.9. The highest BCUT2D eigenvalue weighted by molar-refractivity contribution is 9.09. The predicted molar refractivity (Wildman–Crippen MR) is 53.0 cm³/mol. The number of morpholine rings is 1. The molecular formula is C9H12BrNO3. The molecular weight excluding hydrogens is 250 g/mol. The molecule has 3 unspecified atom stereocenters. The van der Waals surface area contributed by atoms with Gasteiger partial charge in [-0.2, -0.15) is 0 Å². The lowest BCUT2D eigenvalue weighted by Crippen LogP contribution is -2.55. The molecule has 2 fully saturated rings. The molecule has 2 rings (SSSR count). The first-order valence-electron chi connectivity index (χ1n) is 4.73. The predicted octanol–water partition coefficient (Wildman–Crippen LogP) is 0.686. The van der Waals surface area contributed by atoms with Crippen molar-refractivity contribution < 1.29 is 14.3 Å². The summed E-state index contributed by atoms with van der Waals surface area (Å²) in [6.07, 6.45) is 0.996. The number of esters is 1. The van der Waals surface area contributed by atoms with Gasteiger partial charge in [-0.1, -0.05) is 15.9 Å². The first kappa shape index (κ1) is 9.96. The van der Waals surface area contributed by atoms with Gasteiger partial charge in [-0.3, -0.25) is 4.79 Å². The van der Waals surface area contributed by atoms with E-state index in [9.17, 15) is 9.59 Å². The summed E-state index contributed by atoms with van der Waals surface area (Å²) in [7, 11) is 0. The summed E-state index contributed by atoms with van der Waals surface area (Å²) < 4.78 is 4.96. The van der Waals surface area contributed by atoms with Crippen molar-refractivity contribution in [1.82, 2.24) is 4.90 Å². The molecule has 78 valence electrons. The summed E-state index contributed by atoms with van der Waals surface area (Å²) in [5.41, 5.74) is 0. The Morgan fingerprint density at radius 1 is 1.50 bits per heavy atom. The topological polar surface area (TPSA) is 46.6 Å². The average molecular weight is 262 g/mol. The van der Waals surface area contributed by atoms with Crippen LogP contribution in [0.15, 0.2) is 0 Å². The van der Waals surface area contributed by atoms with Crippen LogP contribution in [0, 0.1) is 0 Å². The highest BCUT2D eigenvalue weighted by Gasteiger charge is 2.47. The van der Waals surface area contributed by atoms with Crippen LogP contribution in [0.4, 0.5) is 0 Å². The first-order valence-corrected chi connectivity index (χ1v) is 5.86. The third kappa shape index (κ3) is 1.34. The molecule has 4 nitrogen and oxygen atoms in total. The van der Waals surface area contributed by atoms with E-state index in [2.05, 4.69) is 15.9 Å². The van der Waals surface area contributed by atoms with Crippen LogP contribution in [-0.4, -0.2) is 40.3 Å². The minimum Gasteiger partial charge on any atom is -0.451 e. The Labute approximate surface area is 90.7 Å². The van der Waals surface area contributed by atoms with E-state index in [1.54, 1.807) is 11.8 Å². The van der Waals surface area contributed by atoms with Crippen molar-refractivity contribution in [2.24, 2.45) is 0 Å². The molecule has 0 aromatic carbocycles. The Morgan fingerprint density at radius 3 is 2.86 bits per heavy atom. The monoisotopic (exact) mass is 261 g/mol. The van der Waals surface area contributed by atoms with E-state index < -0.39 is 6.10 Å². The number of halogens is 1. The molecule has 0 aliphatic carbocycles. The Morgan fingerprint density at radius 2 is 2.21 bits per heavy atom. The molecule has 0 N–H and O–H groups in total. The molecule has 2 heterocycles. The van der Waals surface area contributed by atoms with Crippen LogP contribution in [0.3, 0.4) is 0 Å². The number of hydrogen-bond donors (Lipinski definition) is 0. The normalized spacial score (nSPS) is 37.0. The fourth-order valence-corrected chi connectivity index (χ4v) is 2.75. The number of cyclic esters (lactones) is 1. The summed E-state index contributed by atoms with van der Waals surface area (Å²) in [6.45, 7) is 1.63. The number of carbonyl (C=O) groups is 2. The van der Waals surface area contributed by atoms with Crippen molar-refractivity contribution in [3.8, 4) is 0 Å². The Hall–Kier alpha value is -0.580. The summed E-state index contributed by atoms with van der Waals surface area (Å²) in [6, 6.07) is -0.177. The molecule has 2 aliphatic rings. The van der Waals surface area contributed by atoms with Crippen LogP contribution >= 0.6 is 15.9 Å². The van der Waals surface area contributed by atoms with Crippen molar-refractivity contribution >= 4 is 27.8 Å². The molecule has 0 aromatic rings. The number of nitrogens with zero attached hydrogens (tertiary/aromatic N) is 1. The maximum atomic E-state index is 11.7. The number of carbonyl (C=O) groups excluding carboxylic acids is 2. The molecule has 1 amide bonds. The summed E-state index contributed by atoms with van der Waals surface area (Å²) in [5.74, 6) is -0.308. The lowest BCUT2D eigenvalue weighted by Gasteiger charge is -2.35. The van der Waals surface area contributed by atoms with Gasteiger partial charge in [0, 0.05) is 11.4 Å². The van der Waals surface area contributed by atoms with Crippen molar-refractivity contribution in [2.45, 2.75) is 38.0 Å². The van der Waals surface area contributed by atoms with Crippen molar-refractivity contribution in [1.29, 1.82) is 0 Å². The Bertz CT molecular complexity index is 281. The second-order valence-electron chi connectivity index (χ2n) is 3.73. The number of rotatable bonds is 1. The quantitative estimate of drug-likeness (QED) is 0.516. The van der Waals surface area contributed by atoms with Gasteiger partial charge in [0.15, 0.2) is 6.10 Å². The molecule has 14 heavy (non-hydrogen) atoms. The minimum absolute atomic E-state index is 0.0587. The maximum absolute atomic E-state index is 11.7. The average Bonchev–Trinajstić information content (AvgIpc) is 2.58. The zero-order chi connectivity index (χ0) is 10.3. The van der Waals surface area contributed by atoms with Gasteiger partial charge in [0.1, 0.15) is 6.04 Å². The summed E-state index contributed by atoms with van der Waals surface area (Å²) in [5, 5.41) is 0.731. The van der Waals surface area contributed by atoms with Gasteiger partial charge in [0.25, 0.3) is 5.91 Å². The number of amides is 1. The lowest BCUT2D eigenvalue weighted by molar-refractivity contribution is -0.175. The summed E-state index contributed by atoms with van der Waals surface area (Å²) in [4.78, 5) is 24.9. The highest BCUT2D eigenvalue weighted by Crippen LogP contribution is 2.30. The van der Waals surface area contributed by atoms with Crippen LogP contribution in [0.1, 0.15) is 19.8 Å². The second-order valence-corrected chi connectivity index (χ2v) is 4.37. The van der Waals surface area contributed by atoms with Crippen LogP contribution in [0.5, 0.6) is 0 Å². The van der Waals surface area contributed by atoms with Crippen molar-refractivity contribution in [3.05, 3.63) is 0 Å². The summed E-state index contributed by atoms with van der Waals surface area (Å²) >= 11 is 3.36.